The molecule has 5 heteroatoms. The summed E-state index contributed by atoms with van der Waals surface area (Å²) in [5.74, 6) is 0.967. The van der Waals surface area contributed by atoms with Crippen molar-refractivity contribution in [2.45, 2.75) is 65.2 Å². The number of imidazole rings is 1. The number of Topliss-reactive ketones (excluding diaryl/α,β-unsaturated/α-hetero) is 1. The lowest BCUT2D eigenvalue weighted by Gasteiger charge is -2.37. The van der Waals surface area contributed by atoms with Gasteiger partial charge in [-0.2, -0.15) is 0 Å². The maximum absolute atomic E-state index is 11.7. The molecule has 4 rings (SSSR count). The lowest BCUT2D eigenvalue weighted by Crippen LogP contribution is -2.32. The van der Waals surface area contributed by atoms with E-state index in [4.69, 9.17) is 4.98 Å². The number of thiazole rings is 1. The highest BCUT2D eigenvalue weighted by Gasteiger charge is 2.40. The molecule has 0 N–H and O–H groups in total. The lowest BCUT2D eigenvalue weighted by atomic mass is 9.69. The van der Waals surface area contributed by atoms with Gasteiger partial charge in [0.15, 0.2) is 10.9 Å². The summed E-state index contributed by atoms with van der Waals surface area (Å²) in [6.07, 6.45) is 2.34. The fourth-order valence-electron chi connectivity index (χ4n) is 3.84. The molecule has 1 aliphatic rings. The van der Waals surface area contributed by atoms with Crippen molar-refractivity contribution in [3.63, 3.8) is 0 Å². The number of ketones is 1. The minimum atomic E-state index is 0.0623. The largest absolute Gasteiger partial charge is 0.295 e. The van der Waals surface area contributed by atoms with Crippen LogP contribution in [0.5, 0.6) is 0 Å². The van der Waals surface area contributed by atoms with Gasteiger partial charge in [-0.15, -0.1) is 11.3 Å². The number of aryl methyl sites for hydroxylation is 1. The van der Waals surface area contributed by atoms with Crippen LogP contribution in [0, 0.1) is 6.92 Å². The zero-order valence-electron chi connectivity index (χ0n) is 16.3. The fraction of sp³-hybridized carbons (Fsp3) is 0.476. The molecule has 0 aliphatic heterocycles. The normalized spacial score (nSPS) is 18.1. The van der Waals surface area contributed by atoms with Crippen LogP contribution in [0.4, 0.5) is 0 Å². The molecule has 2 aromatic heterocycles. The van der Waals surface area contributed by atoms with E-state index in [1.165, 1.54) is 17.0 Å². The monoisotopic (exact) mass is 367 g/mol. The van der Waals surface area contributed by atoms with Gasteiger partial charge in [0.05, 0.1) is 16.7 Å². The van der Waals surface area contributed by atoms with Gasteiger partial charge >= 0.3 is 0 Å². The summed E-state index contributed by atoms with van der Waals surface area (Å²) >= 11 is 1.79. The topological polar surface area (TPSA) is 47.8 Å². The van der Waals surface area contributed by atoms with Crippen LogP contribution in [-0.4, -0.2) is 20.3 Å². The van der Waals surface area contributed by atoms with Gasteiger partial charge in [0.25, 0.3) is 0 Å². The van der Waals surface area contributed by atoms with Crippen molar-refractivity contribution in [3.05, 3.63) is 40.2 Å². The van der Waals surface area contributed by atoms with Crippen LogP contribution in [0.1, 0.15) is 74.2 Å². The highest BCUT2D eigenvalue weighted by atomic mass is 32.1. The van der Waals surface area contributed by atoms with E-state index in [2.05, 4.69) is 37.2 Å². The standard InChI is InChI=1S/C21H25N3OS/c1-12(25)14-7-8-16-15(11-14)22-13(2)24(16)19-23-17-18(26-19)21(5,6)10-9-20(17,3)4/h7-8,11H,9-10H2,1-6H3. The molecule has 0 atom stereocenters. The first kappa shape index (κ1) is 17.4. The van der Waals surface area contributed by atoms with E-state index < -0.39 is 0 Å². The summed E-state index contributed by atoms with van der Waals surface area (Å²) in [6.45, 7) is 12.8. The number of aromatic nitrogens is 3. The van der Waals surface area contributed by atoms with E-state index in [0.717, 1.165) is 28.4 Å². The number of carbonyl (C=O) groups excluding carboxylic acids is 1. The van der Waals surface area contributed by atoms with Crippen LogP contribution in [0.15, 0.2) is 18.2 Å². The summed E-state index contributed by atoms with van der Waals surface area (Å²) in [5, 5.41) is 0.980. The molecular formula is C21H25N3OS. The molecule has 0 fully saturated rings. The van der Waals surface area contributed by atoms with Gasteiger partial charge in [-0.1, -0.05) is 27.7 Å². The number of hydrogen-bond donors (Lipinski definition) is 0. The number of carbonyl (C=O) groups is 1. The van der Waals surface area contributed by atoms with Crippen LogP contribution >= 0.6 is 11.3 Å². The third-order valence-electron chi connectivity index (χ3n) is 5.67. The molecule has 136 valence electrons. The molecule has 0 radical (unpaired) electrons. The minimum absolute atomic E-state index is 0.0623. The summed E-state index contributed by atoms with van der Waals surface area (Å²) in [4.78, 5) is 22.8. The molecule has 26 heavy (non-hydrogen) atoms. The Hall–Kier alpha value is -2.01. The minimum Gasteiger partial charge on any atom is -0.295 e. The van der Waals surface area contributed by atoms with E-state index in [-0.39, 0.29) is 16.6 Å². The molecule has 0 unspecified atom stereocenters. The predicted octanol–water partition coefficient (Wildman–Crippen LogP) is 5.34. The van der Waals surface area contributed by atoms with E-state index in [0.29, 0.717) is 5.56 Å². The average Bonchev–Trinajstić information content (AvgIpc) is 3.12. The van der Waals surface area contributed by atoms with E-state index in [1.54, 1.807) is 18.3 Å². The highest BCUT2D eigenvalue weighted by molar-refractivity contribution is 7.14. The summed E-state index contributed by atoms with van der Waals surface area (Å²) in [7, 11) is 0. The Bertz CT molecular complexity index is 1010. The smallest absolute Gasteiger partial charge is 0.196 e. The molecule has 0 saturated heterocycles. The Balaban J connectivity index is 1.93. The Kier molecular flexibility index (Phi) is 3.68. The van der Waals surface area contributed by atoms with E-state index >= 15 is 0 Å². The average molecular weight is 368 g/mol. The highest BCUT2D eigenvalue weighted by Crippen LogP contribution is 2.48. The Morgan fingerprint density at radius 3 is 2.46 bits per heavy atom. The zero-order chi connectivity index (χ0) is 18.9. The van der Waals surface area contributed by atoms with Crippen molar-refractivity contribution in [2.75, 3.05) is 0 Å². The Morgan fingerprint density at radius 1 is 1.12 bits per heavy atom. The summed E-state index contributed by atoms with van der Waals surface area (Å²) in [6, 6.07) is 5.75. The number of benzene rings is 1. The number of fused-ring (bicyclic) bond motifs is 2. The molecule has 1 aliphatic carbocycles. The summed E-state index contributed by atoms with van der Waals surface area (Å²) < 4.78 is 2.13. The van der Waals surface area contributed by atoms with Crippen molar-refractivity contribution in [2.24, 2.45) is 0 Å². The van der Waals surface area contributed by atoms with Crippen LogP contribution in [0.25, 0.3) is 16.2 Å². The molecule has 1 aromatic carbocycles. The molecule has 3 aromatic rings. The zero-order valence-corrected chi connectivity index (χ0v) is 17.1. The quantitative estimate of drug-likeness (QED) is 0.574. The van der Waals surface area contributed by atoms with Crippen molar-refractivity contribution in [1.29, 1.82) is 0 Å². The molecule has 0 bridgehead atoms. The van der Waals surface area contributed by atoms with Crippen molar-refractivity contribution in [1.82, 2.24) is 14.5 Å². The first-order valence-corrected chi connectivity index (χ1v) is 9.94. The maximum Gasteiger partial charge on any atom is 0.196 e. The number of nitrogens with zero attached hydrogens (tertiary/aromatic N) is 3. The molecule has 2 heterocycles. The van der Waals surface area contributed by atoms with Crippen LogP contribution in [0.2, 0.25) is 0 Å². The van der Waals surface area contributed by atoms with Gasteiger partial charge in [0, 0.05) is 21.3 Å². The van der Waals surface area contributed by atoms with Crippen molar-refractivity contribution >= 4 is 28.2 Å². The SMILES string of the molecule is CC(=O)c1ccc2c(c1)nc(C)n2-c1nc2c(s1)C(C)(C)CCC2(C)C. The third-order valence-corrected chi connectivity index (χ3v) is 7.07. The van der Waals surface area contributed by atoms with Crippen LogP contribution < -0.4 is 0 Å². The predicted molar refractivity (Wildman–Crippen MR) is 107 cm³/mol. The van der Waals surface area contributed by atoms with Gasteiger partial charge in [-0.25, -0.2) is 9.97 Å². The Labute approximate surface area is 158 Å². The van der Waals surface area contributed by atoms with Gasteiger partial charge in [0.1, 0.15) is 5.82 Å². The van der Waals surface area contributed by atoms with E-state index in [1.807, 2.05) is 25.1 Å². The third kappa shape index (κ3) is 2.52. The first-order valence-electron chi connectivity index (χ1n) is 9.12. The van der Waals surface area contributed by atoms with E-state index in [9.17, 15) is 4.79 Å². The van der Waals surface area contributed by atoms with Crippen molar-refractivity contribution in [3.8, 4) is 5.13 Å². The second-order valence-electron chi connectivity index (χ2n) is 8.70. The number of rotatable bonds is 2. The summed E-state index contributed by atoms with van der Waals surface area (Å²) in [5.41, 5.74) is 4.05. The number of hydrogen-bond acceptors (Lipinski definition) is 4. The molecular weight excluding hydrogens is 342 g/mol. The van der Waals surface area contributed by atoms with Gasteiger partial charge < -0.3 is 0 Å². The lowest BCUT2D eigenvalue weighted by molar-refractivity contribution is 0.101. The molecule has 0 saturated carbocycles. The van der Waals surface area contributed by atoms with Crippen LogP contribution in [0.3, 0.4) is 0 Å². The fourth-order valence-corrected chi connectivity index (χ4v) is 5.28. The van der Waals surface area contributed by atoms with Gasteiger partial charge in [-0.05, 0) is 44.9 Å². The first-order chi connectivity index (χ1) is 12.1. The second-order valence-corrected chi connectivity index (χ2v) is 9.67. The molecule has 0 amide bonds. The molecule has 4 nitrogen and oxygen atoms in total. The van der Waals surface area contributed by atoms with Gasteiger partial charge in [0.2, 0.25) is 0 Å². The maximum atomic E-state index is 11.7. The Morgan fingerprint density at radius 2 is 1.81 bits per heavy atom. The van der Waals surface area contributed by atoms with Crippen molar-refractivity contribution < 1.29 is 4.79 Å². The van der Waals surface area contributed by atoms with Crippen LogP contribution in [-0.2, 0) is 10.8 Å². The second kappa shape index (κ2) is 5.49. The molecule has 0 spiro atoms. The van der Waals surface area contributed by atoms with Gasteiger partial charge in [-0.3, -0.25) is 9.36 Å².